The summed E-state index contributed by atoms with van der Waals surface area (Å²) in [6.07, 6.45) is 0. The van der Waals surface area contributed by atoms with Gasteiger partial charge in [0.1, 0.15) is 0 Å². The maximum Gasteiger partial charge on any atom is 0.0727 e. The van der Waals surface area contributed by atoms with Gasteiger partial charge in [-0.05, 0) is 36.6 Å². The minimum atomic E-state index is -0.0846. The average molecular weight is 261 g/mol. The summed E-state index contributed by atoms with van der Waals surface area (Å²) in [7, 11) is 0. The molecule has 0 aliphatic carbocycles. The lowest BCUT2D eigenvalue weighted by Crippen LogP contribution is -2.29. The third-order valence-corrected chi connectivity index (χ3v) is 3.47. The van der Waals surface area contributed by atoms with Crippen molar-refractivity contribution in [1.29, 1.82) is 0 Å². The van der Waals surface area contributed by atoms with E-state index in [-0.39, 0.29) is 6.04 Å². The van der Waals surface area contributed by atoms with Crippen molar-refractivity contribution in [1.82, 2.24) is 5.43 Å². The standard InChI is InChI=1S/C15H17ClN2/c1-10-7-8-11(2)13(9-10)15(18-17)12-5-3-4-6-14(12)16/h3-9,15,18H,17H2,1-2H3. The van der Waals surface area contributed by atoms with Gasteiger partial charge in [-0.25, -0.2) is 5.43 Å². The predicted octanol–water partition coefficient (Wildman–Crippen LogP) is 3.51. The minimum absolute atomic E-state index is 0.0846. The summed E-state index contributed by atoms with van der Waals surface area (Å²) < 4.78 is 0. The molecule has 0 heterocycles. The normalized spacial score (nSPS) is 12.4. The SMILES string of the molecule is Cc1ccc(C)c(C(NN)c2ccccc2Cl)c1. The largest absolute Gasteiger partial charge is 0.271 e. The van der Waals surface area contributed by atoms with E-state index in [2.05, 4.69) is 37.5 Å². The lowest BCUT2D eigenvalue weighted by Gasteiger charge is -2.20. The van der Waals surface area contributed by atoms with Crippen molar-refractivity contribution in [3.05, 3.63) is 69.7 Å². The fourth-order valence-corrected chi connectivity index (χ4v) is 2.37. The van der Waals surface area contributed by atoms with Crippen LogP contribution >= 0.6 is 11.6 Å². The van der Waals surface area contributed by atoms with E-state index in [0.29, 0.717) is 0 Å². The van der Waals surface area contributed by atoms with Crippen LogP contribution in [-0.2, 0) is 0 Å². The summed E-state index contributed by atoms with van der Waals surface area (Å²) >= 11 is 6.24. The Morgan fingerprint density at radius 1 is 1.06 bits per heavy atom. The first-order chi connectivity index (χ1) is 8.63. The van der Waals surface area contributed by atoms with Crippen LogP contribution in [0.5, 0.6) is 0 Å². The molecule has 18 heavy (non-hydrogen) atoms. The van der Waals surface area contributed by atoms with Gasteiger partial charge >= 0.3 is 0 Å². The van der Waals surface area contributed by atoms with E-state index in [1.54, 1.807) is 0 Å². The summed E-state index contributed by atoms with van der Waals surface area (Å²) in [6, 6.07) is 14.0. The number of rotatable bonds is 3. The molecular weight excluding hydrogens is 244 g/mol. The smallest absolute Gasteiger partial charge is 0.0727 e. The molecule has 2 aromatic rings. The molecule has 1 unspecified atom stereocenters. The summed E-state index contributed by atoms with van der Waals surface area (Å²) in [6.45, 7) is 4.15. The lowest BCUT2D eigenvalue weighted by atomic mass is 9.94. The topological polar surface area (TPSA) is 38.0 Å². The molecule has 0 aliphatic heterocycles. The Balaban J connectivity index is 2.52. The number of halogens is 1. The Morgan fingerprint density at radius 2 is 1.78 bits per heavy atom. The molecule has 3 N–H and O–H groups in total. The molecular formula is C15H17ClN2. The molecule has 0 bridgehead atoms. The van der Waals surface area contributed by atoms with Gasteiger partial charge in [0.25, 0.3) is 0 Å². The molecule has 0 spiro atoms. The first-order valence-electron chi connectivity index (χ1n) is 5.91. The zero-order chi connectivity index (χ0) is 13.1. The van der Waals surface area contributed by atoms with Crippen molar-refractivity contribution in [3.63, 3.8) is 0 Å². The van der Waals surface area contributed by atoms with Gasteiger partial charge in [0.05, 0.1) is 6.04 Å². The van der Waals surface area contributed by atoms with Crippen LogP contribution in [0.3, 0.4) is 0 Å². The first-order valence-corrected chi connectivity index (χ1v) is 6.29. The number of hydrogen-bond acceptors (Lipinski definition) is 2. The van der Waals surface area contributed by atoms with Crippen LogP contribution in [0.1, 0.15) is 28.3 Å². The van der Waals surface area contributed by atoms with E-state index in [0.717, 1.165) is 16.1 Å². The number of hydrazine groups is 1. The van der Waals surface area contributed by atoms with Gasteiger partial charge in [-0.3, -0.25) is 5.84 Å². The second kappa shape index (κ2) is 5.53. The van der Waals surface area contributed by atoms with Crippen LogP contribution < -0.4 is 11.3 Å². The van der Waals surface area contributed by atoms with Crippen molar-refractivity contribution in [3.8, 4) is 0 Å². The molecule has 0 saturated heterocycles. The Kier molecular flexibility index (Phi) is 4.02. The van der Waals surface area contributed by atoms with Gasteiger partial charge in [0.15, 0.2) is 0 Å². The first kappa shape index (κ1) is 13.1. The Hall–Kier alpha value is -1.35. The highest BCUT2D eigenvalue weighted by Crippen LogP contribution is 2.29. The molecule has 2 aromatic carbocycles. The molecule has 0 fully saturated rings. The molecule has 0 aliphatic rings. The highest BCUT2D eigenvalue weighted by atomic mass is 35.5. The van der Waals surface area contributed by atoms with Crippen LogP contribution in [0.25, 0.3) is 0 Å². The minimum Gasteiger partial charge on any atom is -0.271 e. The molecule has 94 valence electrons. The number of nitrogens with one attached hydrogen (secondary N) is 1. The third-order valence-electron chi connectivity index (χ3n) is 3.13. The van der Waals surface area contributed by atoms with Crippen LogP contribution in [0.15, 0.2) is 42.5 Å². The summed E-state index contributed by atoms with van der Waals surface area (Å²) in [4.78, 5) is 0. The van der Waals surface area contributed by atoms with Gasteiger partial charge < -0.3 is 0 Å². The van der Waals surface area contributed by atoms with E-state index in [9.17, 15) is 0 Å². The van der Waals surface area contributed by atoms with E-state index in [1.165, 1.54) is 11.1 Å². The highest BCUT2D eigenvalue weighted by molar-refractivity contribution is 6.31. The van der Waals surface area contributed by atoms with Crippen molar-refractivity contribution >= 4 is 11.6 Å². The van der Waals surface area contributed by atoms with Gasteiger partial charge in [-0.15, -0.1) is 0 Å². The molecule has 0 radical (unpaired) electrons. The van der Waals surface area contributed by atoms with Gasteiger partial charge in [0.2, 0.25) is 0 Å². The van der Waals surface area contributed by atoms with Crippen molar-refractivity contribution in [2.75, 3.05) is 0 Å². The Labute approximate surface area is 113 Å². The fourth-order valence-electron chi connectivity index (χ4n) is 2.13. The Bertz CT molecular complexity index is 552. The number of aryl methyl sites for hydroxylation is 2. The quantitative estimate of drug-likeness (QED) is 0.655. The van der Waals surface area contributed by atoms with E-state index in [4.69, 9.17) is 17.4 Å². The van der Waals surface area contributed by atoms with Crippen molar-refractivity contribution in [2.45, 2.75) is 19.9 Å². The number of benzene rings is 2. The molecule has 0 aromatic heterocycles. The van der Waals surface area contributed by atoms with Gasteiger partial charge in [-0.1, -0.05) is 53.6 Å². The van der Waals surface area contributed by atoms with E-state index in [1.807, 2.05) is 24.3 Å². The predicted molar refractivity (Wildman–Crippen MR) is 76.5 cm³/mol. The van der Waals surface area contributed by atoms with Crippen LogP contribution in [0, 0.1) is 13.8 Å². The van der Waals surface area contributed by atoms with Gasteiger partial charge in [-0.2, -0.15) is 0 Å². The van der Waals surface area contributed by atoms with Gasteiger partial charge in [0, 0.05) is 5.02 Å². The Morgan fingerprint density at radius 3 is 2.44 bits per heavy atom. The maximum absolute atomic E-state index is 6.24. The summed E-state index contributed by atoms with van der Waals surface area (Å²) in [5.74, 6) is 5.72. The van der Waals surface area contributed by atoms with E-state index >= 15 is 0 Å². The van der Waals surface area contributed by atoms with Crippen LogP contribution in [0.2, 0.25) is 5.02 Å². The van der Waals surface area contributed by atoms with E-state index < -0.39 is 0 Å². The fraction of sp³-hybridized carbons (Fsp3) is 0.200. The van der Waals surface area contributed by atoms with Crippen LogP contribution in [-0.4, -0.2) is 0 Å². The van der Waals surface area contributed by atoms with Crippen molar-refractivity contribution in [2.24, 2.45) is 5.84 Å². The lowest BCUT2D eigenvalue weighted by molar-refractivity contribution is 0.633. The monoisotopic (exact) mass is 260 g/mol. The molecule has 0 saturated carbocycles. The highest BCUT2D eigenvalue weighted by Gasteiger charge is 2.17. The summed E-state index contributed by atoms with van der Waals surface area (Å²) in [5, 5.41) is 0.723. The third kappa shape index (κ3) is 2.56. The number of hydrogen-bond donors (Lipinski definition) is 2. The molecule has 2 rings (SSSR count). The number of nitrogens with two attached hydrogens (primary N) is 1. The molecule has 3 heteroatoms. The molecule has 0 amide bonds. The zero-order valence-corrected chi connectivity index (χ0v) is 11.3. The van der Waals surface area contributed by atoms with Crippen LogP contribution in [0.4, 0.5) is 0 Å². The molecule has 2 nitrogen and oxygen atoms in total. The second-order valence-electron chi connectivity index (χ2n) is 4.48. The second-order valence-corrected chi connectivity index (χ2v) is 4.89. The maximum atomic E-state index is 6.24. The average Bonchev–Trinajstić information content (AvgIpc) is 2.36. The van der Waals surface area contributed by atoms with Crippen molar-refractivity contribution < 1.29 is 0 Å². The summed E-state index contributed by atoms with van der Waals surface area (Å²) in [5.41, 5.74) is 7.42. The molecule has 1 atom stereocenters. The zero-order valence-electron chi connectivity index (χ0n) is 10.6.